The van der Waals surface area contributed by atoms with Crippen LogP contribution in [0.5, 0.6) is 5.75 Å². The Labute approximate surface area is 152 Å². The molecule has 2 aromatic heterocycles. The zero-order valence-electron chi connectivity index (χ0n) is 14.5. The second-order valence-electron chi connectivity index (χ2n) is 5.63. The summed E-state index contributed by atoms with van der Waals surface area (Å²) in [5.74, 6) is 0.0676. The van der Waals surface area contributed by atoms with E-state index in [-0.39, 0.29) is 34.8 Å². The van der Waals surface area contributed by atoms with Crippen LogP contribution in [0.4, 0.5) is 14.6 Å². The first kappa shape index (κ1) is 18.3. The van der Waals surface area contributed by atoms with E-state index in [0.717, 1.165) is 0 Å². The zero-order valence-corrected chi connectivity index (χ0v) is 14.5. The first-order chi connectivity index (χ1) is 12.9. The van der Waals surface area contributed by atoms with Crippen molar-refractivity contribution in [3.05, 3.63) is 35.6 Å². The number of nitrogens with one attached hydrogen (secondary N) is 1. The second-order valence-corrected chi connectivity index (χ2v) is 5.63. The number of ether oxygens (including phenoxy) is 1. The van der Waals surface area contributed by atoms with Gasteiger partial charge in [0, 0.05) is 19.0 Å². The minimum Gasteiger partial charge on any atom is -0.440 e. The molecule has 0 unspecified atom stereocenters. The fourth-order valence-corrected chi connectivity index (χ4v) is 2.57. The molecule has 2 heterocycles. The summed E-state index contributed by atoms with van der Waals surface area (Å²) < 4.78 is 36.7. The number of carbonyl (C=O) groups is 1. The van der Waals surface area contributed by atoms with E-state index in [0.29, 0.717) is 17.9 Å². The Bertz CT molecular complexity index is 1040. The smallest absolute Gasteiger partial charge is 0.387 e. The van der Waals surface area contributed by atoms with Crippen molar-refractivity contribution in [1.29, 1.82) is 5.26 Å². The molecule has 0 atom stereocenters. The molecule has 0 saturated heterocycles. The molecule has 3 rings (SSSR count). The molecule has 0 aliphatic heterocycles. The highest BCUT2D eigenvalue weighted by Gasteiger charge is 2.19. The first-order valence-electron chi connectivity index (χ1n) is 8.00. The van der Waals surface area contributed by atoms with Gasteiger partial charge in [0.15, 0.2) is 34.3 Å². The summed E-state index contributed by atoms with van der Waals surface area (Å²) in [6.45, 7) is -1.20. The minimum absolute atomic E-state index is 0.0876. The number of anilines is 1. The van der Waals surface area contributed by atoms with E-state index in [9.17, 15) is 13.6 Å². The largest absolute Gasteiger partial charge is 0.440 e. The number of nitriles is 1. The average Bonchev–Trinajstić information content (AvgIpc) is 3.21. The lowest BCUT2D eigenvalue weighted by Crippen LogP contribution is -2.17. The Morgan fingerprint density at radius 2 is 2.26 bits per heavy atom. The van der Waals surface area contributed by atoms with Crippen molar-refractivity contribution in [3.63, 3.8) is 0 Å². The highest BCUT2D eigenvalue weighted by molar-refractivity contribution is 5.95. The number of carbonyl (C=O) groups excluding carboxylic acids is 1. The monoisotopic (exact) mass is 375 g/mol. The molecule has 0 aliphatic rings. The second kappa shape index (κ2) is 7.41. The van der Waals surface area contributed by atoms with Crippen LogP contribution in [-0.4, -0.2) is 27.1 Å². The highest BCUT2D eigenvalue weighted by Crippen LogP contribution is 2.31. The zero-order chi connectivity index (χ0) is 19.6. The van der Waals surface area contributed by atoms with E-state index in [4.69, 9.17) is 9.68 Å². The quantitative estimate of drug-likeness (QED) is 0.710. The number of amides is 1. The molecule has 0 bridgehead atoms. The van der Waals surface area contributed by atoms with Crippen molar-refractivity contribution in [2.75, 3.05) is 5.32 Å². The average molecular weight is 375 g/mol. The van der Waals surface area contributed by atoms with Gasteiger partial charge in [-0.15, -0.1) is 0 Å². The molecular weight excluding hydrogens is 360 g/mol. The molecular formula is C17H15F2N5O3. The molecule has 1 amide bonds. The van der Waals surface area contributed by atoms with Gasteiger partial charge in [-0.3, -0.25) is 4.79 Å². The van der Waals surface area contributed by atoms with Crippen LogP contribution >= 0.6 is 0 Å². The fourth-order valence-electron chi connectivity index (χ4n) is 2.57. The van der Waals surface area contributed by atoms with Gasteiger partial charge in [0.25, 0.3) is 0 Å². The van der Waals surface area contributed by atoms with E-state index in [2.05, 4.69) is 20.0 Å². The maximum absolute atomic E-state index is 12.6. The lowest BCUT2D eigenvalue weighted by molar-refractivity contribution is -0.115. The third-order valence-corrected chi connectivity index (χ3v) is 3.80. The predicted molar refractivity (Wildman–Crippen MR) is 90.3 cm³/mol. The molecule has 3 aromatic rings. The number of halogens is 2. The number of oxazole rings is 1. The van der Waals surface area contributed by atoms with Crippen molar-refractivity contribution in [3.8, 4) is 11.8 Å². The molecule has 0 fully saturated rings. The van der Waals surface area contributed by atoms with Crippen LogP contribution < -0.4 is 10.1 Å². The molecule has 0 spiro atoms. The van der Waals surface area contributed by atoms with Gasteiger partial charge >= 0.3 is 6.61 Å². The minimum atomic E-state index is -3.00. The first-order valence-corrected chi connectivity index (χ1v) is 8.00. The number of nitrogens with zero attached hydrogens (tertiary/aromatic N) is 4. The number of aryl methyl sites for hydroxylation is 2. The third-order valence-electron chi connectivity index (χ3n) is 3.80. The van der Waals surface area contributed by atoms with E-state index in [1.54, 1.807) is 14.0 Å². The van der Waals surface area contributed by atoms with Crippen LogP contribution in [0, 0.1) is 11.3 Å². The van der Waals surface area contributed by atoms with Gasteiger partial charge in [-0.25, -0.2) is 9.97 Å². The van der Waals surface area contributed by atoms with Crippen molar-refractivity contribution in [2.24, 2.45) is 7.05 Å². The number of fused-ring (bicyclic) bond motifs is 1. The summed E-state index contributed by atoms with van der Waals surface area (Å²) in [5, 5.41) is 11.6. The number of alkyl halides is 2. The maximum Gasteiger partial charge on any atom is 0.387 e. The van der Waals surface area contributed by atoms with E-state index < -0.39 is 12.5 Å². The molecule has 0 aliphatic carbocycles. The van der Waals surface area contributed by atoms with E-state index in [1.807, 2.05) is 6.07 Å². The Morgan fingerprint density at radius 1 is 1.48 bits per heavy atom. The molecule has 0 radical (unpaired) electrons. The van der Waals surface area contributed by atoms with Gasteiger partial charge in [0.1, 0.15) is 6.07 Å². The third kappa shape index (κ3) is 3.72. The number of aromatic nitrogens is 3. The molecule has 10 heteroatoms. The van der Waals surface area contributed by atoms with Crippen LogP contribution in [0.2, 0.25) is 0 Å². The van der Waals surface area contributed by atoms with Crippen molar-refractivity contribution in [1.82, 2.24) is 14.5 Å². The summed E-state index contributed by atoms with van der Waals surface area (Å²) >= 11 is 0. The van der Waals surface area contributed by atoms with Crippen LogP contribution in [0.25, 0.3) is 11.1 Å². The fraction of sp³-hybridized carbons (Fsp3) is 0.294. The molecule has 0 saturated carbocycles. The molecule has 140 valence electrons. The van der Waals surface area contributed by atoms with Gasteiger partial charge in [-0.05, 0) is 6.07 Å². The summed E-state index contributed by atoms with van der Waals surface area (Å²) in [4.78, 5) is 20.4. The van der Waals surface area contributed by atoms with E-state index >= 15 is 0 Å². The summed E-state index contributed by atoms with van der Waals surface area (Å²) in [7, 11) is 1.64. The Hall–Kier alpha value is -3.48. The Balaban J connectivity index is 1.90. The number of benzene rings is 1. The Morgan fingerprint density at radius 3 is 2.93 bits per heavy atom. The van der Waals surface area contributed by atoms with Gasteiger partial charge in [0.05, 0.1) is 12.7 Å². The standard InChI is InChI=1S/C17H15F2N5O3/c1-3-13-23-14-11(26-17(18)19)5-4-9(15(14)27-13)6-12(25)22-16-10(7-20)21-8-24(16)2/h4-5,8,17H,3,6H2,1-2H3,(H,22,25). The number of imidazole rings is 1. The topological polar surface area (TPSA) is 106 Å². The lowest BCUT2D eigenvalue weighted by atomic mass is 10.1. The number of hydrogen-bond acceptors (Lipinski definition) is 6. The van der Waals surface area contributed by atoms with Gasteiger partial charge in [-0.1, -0.05) is 13.0 Å². The van der Waals surface area contributed by atoms with Crippen molar-refractivity contribution < 1.29 is 22.7 Å². The SMILES string of the molecule is CCc1nc2c(OC(F)F)ccc(CC(=O)Nc3c(C#N)ncn3C)c2o1. The molecule has 1 aromatic carbocycles. The van der Waals surface area contributed by atoms with Gasteiger partial charge < -0.3 is 19.0 Å². The highest BCUT2D eigenvalue weighted by atomic mass is 19.3. The van der Waals surface area contributed by atoms with Crippen LogP contribution in [-0.2, 0) is 24.7 Å². The predicted octanol–water partition coefficient (Wildman–Crippen LogP) is 2.78. The summed E-state index contributed by atoms with van der Waals surface area (Å²) in [6, 6.07) is 4.68. The number of hydrogen-bond donors (Lipinski definition) is 1. The molecule has 27 heavy (non-hydrogen) atoms. The number of rotatable bonds is 6. The maximum atomic E-state index is 12.6. The Kier molecular flexibility index (Phi) is 5.03. The summed E-state index contributed by atoms with van der Waals surface area (Å²) in [6.07, 6.45) is 1.75. The van der Waals surface area contributed by atoms with Crippen molar-refractivity contribution >= 4 is 22.8 Å². The summed E-state index contributed by atoms with van der Waals surface area (Å²) in [5.41, 5.74) is 0.892. The molecule has 1 N–H and O–H groups in total. The van der Waals surface area contributed by atoms with E-state index in [1.165, 1.54) is 23.0 Å². The van der Waals surface area contributed by atoms with Crippen LogP contribution in [0.1, 0.15) is 24.1 Å². The normalized spacial score (nSPS) is 11.0. The van der Waals surface area contributed by atoms with Crippen LogP contribution in [0.15, 0.2) is 22.9 Å². The van der Waals surface area contributed by atoms with Crippen LogP contribution in [0.3, 0.4) is 0 Å². The van der Waals surface area contributed by atoms with Crippen molar-refractivity contribution in [2.45, 2.75) is 26.4 Å². The molecule has 8 nitrogen and oxygen atoms in total. The van der Waals surface area contributed by atoms with Gasteiger partial charge in [-0.2, -0.15) is 14.0 Å². The lowest BCUT2D eigenvalue weighted by Gasteiger charge is -2.08. The van der Waals surface area contributed by atoms with Gasteiger partial charge in [0.2, 0.25) is 5.91 Å².